The predicted octanol–water partition coefficient (Wildman–Crippen LogP) is 4.32. The molecule has 1 aliphatic carbocycles. The van der Waals surface area contributed by atoms with E-state index in [-0.39, 0.29) is 0 Å². The van der Waals surface area contributed by atoms with Crippen LogP contribution in [0.5, 0.6) is 0 Å². The van der Waals surface area contributed by atoms with Crippen molar-refractivity contribution in [1.82, 2.24) is 19.7 Å². The van der Waals surface area contributed by atoms with Crippen LogP contribution in [0.2, 0.25) is 5.28 Å². The predicted molar refractivity (Wildman–Crippen MR) is 78.5 cm³/mol. The molecule has 0 saturated heterocycles. The molecule has 0 aliphatic heterocycles. The summed E-state index contributed by atoms with van der Waals surface area (Å²) in [6.45, 7) is 5.98. The molecule has 0 bridgehead atoms. The van der Waals surface area contributed by atoms with Gasteiger partial charge >= 0.3 is 0 Å². The van der Waals surface area contributed by atoms with E-state index in [0.717, 1.165) is 16.7 Å². The lowest BCUT2D eigenvalue weighted by Crippen LogP contribution is -2.14. The van der Waals surface area contributed by atoms with Gasteiger partial charge in [0, 0.05) is 0 Å². The van der Waals surface area contributed by atoms with Crippen LogP contribution in [0.1, 0.15) is 57.7 Å². The molecule has 2 aromatic rings. The van der Waals surface area contributed by atoms with Crippen molar-refractivity contribution in [3.63, 3.8) is 0 Å². The van der Waals surface area contributed by atoms with Crippen LogP contribution in [0, 0.1) is 6.92 Å². The van der Waals surface area contributed by atoms with Gasteiger partial charge in [-0.3, -0.25) is 4.68 Å². The summed E-state index contributed by atoms with van der Waals surface area (Å²) < 4.78 is 2.10. The van der Waals surface area contributed by atoms with Gasteiger partial charge < -0.3 is 0 Å². The van der Waals surface area contributed by atoms with E-state index in [1.54, 1.807) is 6.20 Å². The highest BCUT2D eigenvalue weighted by Gasteiger charge is 2.20. The van der Waals surface area contributed by atoms with Gasteiger partial charge in [0.1, 0.15) is 11.0 Å². The minimum absolute atomic E-state index is 0.295. The van der Waals surface area contributed by atoms with Crippen LogP contribution in [0.15, 0.2) is 6.20 Å². The van der Waals surface area contributed by atoms with E-state index in [1.807, 2.05) is 20.8 Å². The Hall–Kier alpha value is -1.16. The molecule has 0 aromatic carbocycles. The highest BCUT2D eigenvalue weighted by atomic mass is 35.5. The van der Waals surface area contributed by atoms with E-state index in [0.29, 0.717) is 11.3 Å². The summed E-state index contributed by atoms with van der Waals surface area (Å²) >= 11 is 5.83. The largest absolute Gasteiger partial charge is 0.258 e. The van der Waals surface area contributed by atoms with Crippen molar-refractivity contribution in [2.75, 3.05) is 0 Å². The van der Waals surface area contributed by atoms with Crippen LogP contribution in [-0.4, -0.2) is 19.7 Å². The number of aromatic nitrogens is 4. The summed E-state index contributed by atoms with van der Waals surface area (Å²) in [6.07, 6.45) is 8.13. The van der Waals surface area contributed by atoms with Crippen molar-refractivity contribution >= 4 is 22.6 Å². The van der Waals surface area contributed by atoms with E-state index in [9.17, 15) is 0 Å². The van der Waals surface area contributed by atoms with Crippen LogP contribution < -0.4 is 0 Å². The Morgan fingerprint density at radius 3 is 2.58 bits per heavy atom. The van der Waals surface area contributed by atoms with E-state index >= 15 is 0 Å². The van der Waals surface area contributed by atoms with Crippen molar-refractivity contribution in [2.24, 2.45) is 0 Å². The lowest BCUT2D eigenvalue weighted by atomic mass is 9.96. The highest BCUT2D eigenvalue weighted by molar-refractivity contribution is 6.28. The Balaban J connectivity index is 0.000000637. The average molecular weight is 281 g/mol. The molecule has 2 aromatic heterocycles. The Bertz CT molecular complexity index is 544. The molecule has 3 rings (SSSR count). The summed E-state index contributed by atoms with van der Waals surface area (Å²) in [7, 11) is 0. The fourth-order valence-corrected chi connectivity index (χ4v) is 2.79. The van der Waals surface area contributed by atoms with Crippen molar-refractivity contribution in [1.29, 1.82) is 0 Å². The topological polar surface area (TPSA) is 43.6 Å². The minimum atomic E-state index is 0.295. The van der Waals surface area contributed by atoms with Gasteiger partial charge in [0.25, 0.3) is 0 Å². The molecule has 1 aliphatic rings. The molecule has 0 radical (unpaired) electrons. The van der Waals surface area contributed by atoms with Crippen molar-refractivity contribution < 1.29 is 0 Å². The third kappa shape index (κ3) is 2.89. The minimum Gasteiger partial charge on any atom is -0.258 e. The number of nitrogens with zero attached hydrogens (tertiary/aromatic N) is 4. The first kappa shape index (κ1) is 14.3. The monoisotopic (exact) mass is 280 g/mol. The average Bonchev–Trinajstić information content (AvgIpc) is 2.79. The molecule has 0 amide bonds. The third-order valence-corrected chi connectivity index (χ3v) is 3.69. The number of fused-ring (bicyclic) bond motifs is 1. The van der Waals surface area contributed by atoms with E-state index < -0.39 is 0 Å². The maximum absolute atomic E-state index is 5.83. The SMILES string of the molecule is CC.Cc1nn(C2CCCCC2)c2cnc(Cl)nc12. The zero-order valence-electron chi connectivity index (χ0n) is 11.9. The van der Waals surface area contributed by atoms with Crippen molar-refractivity contribution in [3.05, 3.63) is 17.2 Å². The van der Waals surface area contributed by atoms with Gasteiger partial charge in [0.05, 0.1) is 17.9 Å². The molecule has 2 heterocycles. The molecule has 0 unspecified atom stereocenters. The van der Waals surface area contributed by atoms with Crippen LogP contribution in [-0.2, 0) is 0 Å². The molecule has 19 heavy (non-hydrogen) atoms. The summed E-state index contributed by atoms with van der Waals surface area (Å²) in [5, 5.41) is 4.91. The summed E-state index contributed by atoms with van der Waals surface area (Å²) in [4.78, 5) is 8.33. The van der Waals surface area contributed by atoms with Gasteiger partial charge in [0.15, 0.2) is 0 Å². The van der Waals surface area contributed by atoms with E-state index in [4.69, 9.17) is 11.6 Å². The fraction of sp³-hybridized carbons (Fsp3) is 0.643. The van der Waals surface area contributed by atoms with Crippen molar-refractivity contribution in [3.8, 4) is 0 Å². The van der Waals surface area contributed by atoms with Gasteiger partial charge in [-0.25, -0.2) is 9.97 Å². The van der Waals surface area contributed by atoms with Crippen LogP contribution in [0.4, 0.5) is 0 Å². The highest BCUT2D eigenvalue weighted by Crippen LogP contribution is 2.30. The molecule has 1 saturated carbocycles. The zero-order valence-corrected chi connectivity index (χ0v) is 12.6. The zero-order chi connectivity index (χ0) is 13.8. The van der Waals surface area contributed by atoms with Gasteiger partial charge in [0.2, 0.25) is 5.28 Å². The molecule has 104 valence electrons. The number of hydrogen-bond acceptors (Lipinski definition) is 3. The maximum atomic E-state index is 5.83. The Kier molecular flexibility index (Phi) is 4.75. The summed E-state index contributed by atoms with van der Waals surface area (Å²) in [5.41, 5.74) is 2.84. The number of rotatable bonds is 1. The number of halogens is 1. The van der Waals surface area contributed by atoms with Gasteiger partial charge in [-0.15, -0.1) is 0 Å². The molecule has 1 fully saturated rings. The molecule has 0 N–H and O–H groups in total. The second-order valence-corrected chi connectivity index (χ2v) is 5.03. The maximum Gasteiger partial charge on any atom is 0.223 e. The van der Waals surface area contributed by atoms with Gasteiger partial charge in [-0.05, 0) is 31.4 Å². The van der Waals surface area contributed by atoms with E-state index in [2.05, 4.69) is 19.7 Å². The Labute approximate surface area is 119 Å². The molecular formula is C14H21ClN4. The molecule has 5 heteroatoms. The molecule has 4 nitrogen and oxygen atoms in total. The summed E-state index contributed by atoms with van der Waals surface area (Å²) in [6, 6.07) is 0.504. The second kappa shape index (κ2) is 6.33. The first-order chi connectivity index (χ1) is 9.25. The smallest absolute Gasteiger partial charge is 0.223 e. The normalized spacial score (nSPS) is 16.2. The van der Waals surface area contributed by atoms with Crippen LogP contribution in [0.3, 0.4) is 0 Å². The fourth-order valence-electron chi connectivity index (χ4n) is 2.65. The standard InChI is InChI=1S/C12H15ClN4.C2H6/c1-8-11-10(7-14-12(13)15-11)17(16-8)9-5-3-2-4-6-9;1-2/h7,9H,2-6H2,1H3;1-2H3. The van der Waals surface area contributed by atoms with Crippen molar-refractivity contribution in [2.45, 2.75) is 58.9 Å². The second-order valence-electron chi connectivity index (χ2n) is 4.69. The third-order valence-electron chi connectivity index (χ3n) is 3.51. The molecule has 0 atom stereocenters. The summed E-state index contributed by atoms with van der Waals surface area (Å²) in [5.74, 6) is 0. The Morgan fingerprint density at radius 1 is 1.21 bits per heavy atom. The van der Waals surface area contributed by atoms with Gasteiger partial charge in [-0.2, -0.15) is 5.10 Å². The first-order valence-electron chi connectivity index (χ1n) is 7.13. The van der Waals surface area contributed by atoms with Gasteiger partial charge in [-0.1, -0.05) is 33.1 Å². The van der Waals surface area contributed by atoms with E-state index in [1.165, 1.54) is 32.1 Å². The quantitative estimate of drug-likeness (QED) is 0.731. The Morgan fingerprint density at radius 2 is 1.89 bits per heavy atom. The molecular weight excluding hydrogens is 260 g/mol. The first-order valence-corrected chi connectivity index (χ1v) is 7.51. The lowest BCUT2D eigenvalue weighted by molar-refractivity contribution is 0.336. The van der Waals surface area contributed by atoms with Crippen LogP contribution in [0.25, 0.3) is 11.0 Å². The molecule has 0 spiro atoms. The number of aryl methyl sites for hydroxylation is 1. The van der Waals surface area contributed by atoms with Crippen LogP contribution >= 0.6 is 11.6 Å². The number of hydrogen-bond donors (Lipinski definition) is 0. The lowest BCUT2D eigenvalue weighted by Gasteiger charge is -2.22.